The highest BCUT2D eigenvalue weighted by Crippen LogP contribution is 2.28. The zero-order valence-corrected chi connectivity index (χ0v) is 33.6. The van der Waals surface area contributed by atoms with Gasteiger partial charge in [-0.2, -0.15) is 0 Å². The van der Waals surface area contributed by atoms with Gasteiger partial charge < -0.3 is 50.5 Å². The van der Waals surface area contributed by atoms with Crippen LogP contribution >= 0.6 is 0 Å². The van der Waals surface area contributed by atoms with E-state index in [1.807, 2.05) is 0 Å². The number of amides is 7. The molecule has 8 atom stereocenters. The van der Waals surface area contributed by atoms with Gasteiger partial charge in [-0.3, -0.25) is 24.0 Å². The number of benzene rings is 2. The van der Waals surface area contributed by atoms with Gasteiger partial charge in [0.25, 0.3) is 0 Å². The lowest BCUT2D eigenvalue weighted by Crippen LogP contribution is -2.63. The van der Waals surface area contributed by atoms with E-state index in [-0.39, 0.29) is 43.6 Å². The number of esters is 1. The van der Waals surface area contributed by atoms with Crippen LogP contribution in [0.25, 0.3) is 0 Å². The number of aliphatic hydroxyl groups excluding tert-OH is 1. The van der Waals surface area contributed by atoms with Gasteiger partial charge in [-0.25, -0.2) is 18.4 Å². The second-order valence-electron chi connectivity index (χ2n) is 15.7. The number of rotatable bonds is 7. The molecule has 4 aliphatic heterocycles. The van der Waals surface area contributed by atoms with Gasteiger partial charge >= 0.3 is 18.4 Å². The predicted octanol–water partition coefficient (Wildman–Crippen LogP) is 1.86. The number of urea groups is 1. The Bertz CT molecular complexity index is 2040. The molecule has 22 heteroatoms. The maximum atomic E-state index is 14.7. The normalized spacial score (nSPS) is 26.7. The Morgan fingerprint density at radius 2 is 1.52 bits per heavy atom. The monoisotopic (exact) mass is 879 g/mol. The Morgan fingerprint density at radius 1 is 0.871 bits per heavy atom. The van der Waals surface area contributed by atoms with Crippen LogP contribution in [0.1, 0.15) is 57.9 Å². The lowest BCUT2D eigenvalue weighted by atomic mass is 9.98. The van der Waals surface area contributed by atoms with E-state index in [1.165, 1.54) is 23.6 Å². The molecule has 2 aromatic carbocycles. The number of carbonyl (C=O) groups excluding carboxylic acids is 7. The summed E-state index contributed by atoms with van der Waals surface area (Å²) in [4.78, 5) is 101. The SMILES string of the molecule is C[C@@H]1NC(=O)[C@@H]2CCCCN2C(=O)[C@@H]2C[C@@H](O)CN2C(=O)[C@@H](NC(=O)[C@H](Cc2cc(F)cc(F)c2)NC(=O)Nc2ccc(OC(F)(F)F)cc2)[C@H](C)OC(=O)[C@@H]2CCCN2C1=O. The van der Waals surface area contributed by atoms with Crippen molar-refractivity contribution in [2.24, 2.45) is 0 Å². The van der Waals surface area contributed by atoms with Gasteiger partial charge in [0.15, 0.2) is 0 Å². The highest BCUT2D eigenvalue weighted by Gasteiger charge is 2.48. The molecule has 0 aromatic heterocycles. The third kappa shape index (κ3) is 10.9. The molecular formula is C40H46F5N7O10. The molecule has 0 unspecified atom stereocenters. The van der Waals surface area contributed by atoms with Crippen molar-refractivity contribution >= 4 is 47.2 Å². The van der Waals surface area contributed by atoms with Crippen molar-refractivity contribution in [2.45, 2.75) is 114 Å². The highest BCUT2D eigenvalue weighted by molar-refractivity contribution is 5.99. The van der Waals surface area contributed by atoms with E-state index in [0.717, 1.165) is 41.3 Å². The van der Waals surface area contributed by atoms with Crippen molar-refractivity contribution < 1.29 is 70.1 Å². The summed E-state index contributed by atoms with van der Waals surface area (Å²) in [6.07, 6.45) is -6.73. The van der Waals surface area contributed by atoms with Crippen LogP contribution in [0.3, 0.4) is 0 Å². The first-order chi connectivity index (χ1) is 29.3. The molecule has 4 aliphatic rings. The van der Waals surface area contributed by atoms with E-state index in [0.29, 0.717) is 25.3 Å². The number of alkyl halides is 3. The minimum atomic E-state index is -4.99. The molecule has 0 radical (unpaired) electrons. The molecule has 17 nitrogen and oxygen atoms in total. The molecule has 2 aromatic rings. The summed E-state index contributed by atoms with van der Waals surface area (Å²) >= 11 is 0. The van der Waals surface area contributed by atoms with E-state index in [1.54, 1.807) is 0 Å². The summed E-state index contributed by atoms with van der Waals surface area (Å²) in [5, 5.41) is 20.6. The number of piperidine rings is 1. The lowest BCUT2D eigenvalue weighted by Gasteiger charge is -2.39. The first-order valence-electron chi connectivity index (χ1n) is 20.1. The second kappa shape index (κ2) is 18.9. The minimum absolute atomic E-state index is 0.0632. The molecule has 7 amide bonds. The van der Waals surface area contributed by atoms with Crippen LogP contribution in [-0.4, -0.2) is 136 Å². The van der Waals surface area contributed by atoms with Crippen LogP contribution in [0.2, 0.25) is 0 Å². The van der Waals surface area contributed by atoms with Gasteiger partial charge in [-0.1, -0.05) is 0 Å². The number of ether oxygens (including phenoxy) is 2. The molecule has 4 fully saturated rings. The summed E-state index contributed by atoms with van der Waals surface area (Å²) in [6.45, 7) is 2.57. The van der Waals surface area contributed by atoms with Gasteiger partial charge in [0.1, 0.15) is 59.7 Å². The first kappa shape index (κ1) is 45.5. The Labute approximate surface area is 351 Å². The Hall–Kier alpha value is -6.06. The maximum Gasteiger partial charge on any atom is 0.573 e. The Kier molecular flexibility index (Phi) is 13.9. The van der Waals surface area contributed by atoms with Crippen molar-refractivity contribution in [1.29, 1.82) is 0 Å². The van der Waals surface area contributed by atoms with E-state index < -0.39 is 127 Å². The molecule has 0 aliphatic carbocycles. The fourth-order valence-electron chi connectivity index (χ4n) is 8.23. The number of aliphatic hydroxyl groups is 1. The van der Waals surface area contributed by atoms with E-state index in [9.17, 15) is 60.6 Å². The third-order valence-electron chi connectivity index (χ3n) is 11.1. The number of carbonyl (C=O) groups is 7. The molecular weight excluding hydrogens is 833 g/mol. The molecule has 0 bridgehead atoms. The van der Waals surface area contributed by atoms with E-state index >= 15 is 0 Å². The fourth-order valence-corrected chi connectivity index (χ4v) is 8.23. The molecule has 5 N–H and O–H groups in total. The molecule has 6 rings (SSSR count). The first-order valence-corrected chi connectivity index (χ1v) is 20.1. The zero-order valence-electron chi connectivity index (χ0n) is 33.6. The van der Waals surface area contributed by atoms with Crippen LogP contribution in [0, 0.1) is 11.6 Å². The number of fused-ring (bicyclic) bond motifs is 3. The summed E-state index contributed by atoms with van der Waals surface area (Å²) in [7, 11) is 0. The summed E-state index contributed by atoms with van der Waals surface area (Å²) < 4.78 is 76.2. The summed E-state index contributed by atoms with van der Waals surface area (Å²) in [5.41, 5.74) is -0.194. The van der Waals surface area contributed by atoms with Crippen molar-refractivity contribution in [3.05, 3.63) is 59.7 Å². The maximum absolute atomic E-state index is 14.7. The van der Waals surface area contributed by atoms with E-state index in [2.05, 4.69) is 26.0 Å². The number of hydrogen-bond acceptors (Lipinski definition) is 10. The van der Waals surface area contributed by atoms with Crippen LogP contribution < -0.4 is 26.0 Å². The standard InChI is InChI=1S/C40H46F5N7O10/c1-20-35(56)51-13-5-7-30(51)38(59)61-21(2)32(37(58)52-19-26(53)18-31(52)36(57)50-12-4-3-6-29(50)34(55)46-20)49-33(54)28(16-22-14-23(41)17-24(42)15-22)48-39(60)47-25-8-10-27(11-9-25)62-40(43,44)45/h8-11,14-15,17,20-21,26,28-32,53H,3-7,12-13,16,18-19H2,1-2H3,(H,46,55)(H,49,54)(H2,47,48,60)/t20-,21-,26+,28-,29-,30-,31-,32-/m0/s1. The quantitative estimate of drug-likeness (QED) is 0.201. The number of nitrogens with zero attached hydrogens (tertiary/aromatic N) is 3. The number of halogens is 5. The summed E-state index contributed by atoms with van der Waals surface area (Å²) in [6, 6.07) is -3.08. The van der Waals surface area contributed by atoms with Crippen LogP contribution in [0.15, 0.2) is 42.5 Å². The smallest absolute Gasteiger partial charge is 0.458 e. The third-order valence-corrected chi connectivity index (χ3v) is 11.1. The van der Waals surface area contributed by atoms with Crippen molar-refractivity contribution in [2.75, 3.05) is 25.0 Å². The van der Waals surface area contributed by atoms with Crippen LogP contribution in [-0.2, 0) is 39.9 Å². The van der Waals surface area contributed by atoms with Crippen LogP contribution in [0.5, 0.6) is 5.75 Å². The summed E-state index contributed by atoms with van der Waals surface area (Å²) in [5.74, 6) is -7.66. The molecule has 4 saturated heterocycles. The van der Waals surface area contributed by atoms with Crippen molar-refractivity contribution in [3.8, 4) is 5.75 Å². The lowest BCUT2D eigenvalue weighted by molar-refractivity contribution is -0.274. The zero-order chi connectivity index (χ0) is 45.0. The molecule has 4 heterocycles. The van der Waals surface area contributed by atoms with Crippen molar-refractivity contribution in [1.82, 2.24) is 30.7 Å². The van der Waals surface area contributed by atoms with Gasteiger partial charge in [-0.15, -0.1) is 13.2 Å². The van der Waals surface area contributed by atoms with Gasteiger partial charge in [0.05, 0.1) is 6.10 Å². The largest absolute Gasteiger partial charge is 0.573 e. The fraction of sp³-hybridized carbons (Fsp3) is 0.525. The number of nitrogens with one attached hydrogen (secondary N) is 4. The Balaban J connectivity index is 1.32. The Morgan fingerprint density at radius 3 is 2.19 bits per heavy atom. The number of hydrogen-bond donors (Lipinski definition) is 5. The van der Waals surface area contributed by atoms with Gasteiger partial charge in [0.2, 0.25) is 29.5 Å². The molecule has 0 spiro atoms. The average molecular weight is 880 g/mol. The van der Waals surface area contributed by atoms with Crippen LogP contribution in [0.4, 0.5) is 32.4 Å². The number of anilines is 1. The molecule has 0 saturated carbocycles. The average Bonchev–Trinajstić information content (AvgIpc) is 3.85. The predicted molar refractivity (Wildman–Crippen MR) is 204 cm³/mol. The van der Waals surface area contributed by atoms with E-state index in [4.69, 9.17) is 4.74 Å². The topological polar surface area (TPSA) is 216 Å². The van der Waals surface area contributed by atoms with Gasteiger partial charge in [0, 0.05) is 44.2 Å². The highest BCUT2D eigenvalue weighted by atomic mass is 19.4. The molecule has 336 valence electrons. The van der Waals surface area contributed by atoms with Gasteiger partial charge in [-0.05, 0) is 87.9 Å². The molecule has 62 heavy (non-hydrogen) atoms. The number of cyclic esters (lactones) is 1. The second-order valence-corrected chi connectivity index (χ2v) is 15.7. The minimum Gasteiger partial charge on any atom is -0.458 e. The van der Waals surface area contributed by atoms with Crippen molar-refractivity contribution in [3.63, 3.8) is 0 Å².